The van der Waals surface area contributed by atoms with Crippen LogP contribution in [0.2, 0.25) is 0 Å². The number of fused-ring (bicyclic) bond motifs is 1. The van der Waals surface area contributed by atoms with Crippen LogP contribution >= 0.6 is 11.8 Å². The average molecular weight is 644 g/mol. The highest BCUT2D eigenvalue weighted by molar-refractivity contribution is 8.02. The Kier molecular flexibility index (Phi) is 10.5. The van der Waals surface area contributed by atoms with Gasteiger partial charge in [-0.15, -0.1) is 24.9 Å². The Morgan fingerprint density at radius 2 is 1.63 bits per heavy atom. The number of unbranched alkanes of at least 4 members (excludes halogenated alkanes) is 3. The van der Waals surface area contributed by atoms with Crippen molar-refractivity contribution in [2.24, 2.45) is 11.8 Å². The van der Waals surface area contributed by atoms with Crippen molar-refractivity contribution in [1.29, 1.82) is 0 Å². The number of aryl methyl sites for hydroxylation is 2. The van der Waals surface area contributed by atoms with E-state index in [-0.39, 0.29) is 24.3 Å². The Morgan fingerprint density at radius 1 is 0.957 bits per heavy atom. The Hall–Kier alpha value is -3.36. The van der Waals surface area contributed by atoms with Crippen molar-refractivity contribution in [2.75, 3.05) is 31.1 Å². The molecule has 3 aliphatic heterocycles. The predicted octanol–water partition coefficient (Wildman–Crippen LogP) is 6.07. The zero-order valence-electron chi connectivity index (χ0n) is 27.6. The van der Waals surface area contributed by atoms with Gasteiger partial charge < -0.3 is 19.8 Å². The first-order chi connectivity index (χ1) is 22.1. The topological polar surface area (TPSA) is 81.2 Å². The fraction of sp³-hybridized carbons (Fsp3) is 0.500. The van der Waals surface area contributed by atoms with Crippen LogP contribution in [0.15, 0.2) is 73.8 Å². The minimum absolute atomic E-state index is 0.0348. The number of aliphatic hydroxyl groups is 1. The number of thioether (sulfide) groups is 1. The first-order valence-electron chi connectivity index (χ1n) is 16.7. The van der Waals surface area contributed by atoms with Crippen molar-refractivity contribution in [3.8, 4) is 0 Å². The van der Waals surface area contributed by atoms with E-state index in [1.54, 1.807) is 23.9 Å². The van der Waals surface area contributed by atoms with Crippen LogP contribution in [0.3, 0.4) is 0 Å². The minimum Gasteiger partial charge on any atom is -0.396 e. The number of para-hydroxylation sites is 1. The number of amides is 3. The molecule has 3 aliphatic rings. The molecule has 8 heteroatoms. The Bertz CT molecular complexity index is 1440. The fourth-order valence-corrected chi connectivity index (χ4v) is 10.6. The molecule has 246 valence electrons. The summed E-state index contributed by atoms with van der Waals surface area (Å²) in [5, 5.41) is 9.29. The molecule has 3 heterocycles. The monoisotopic (exact) mass is 643 g/mol. The molecule has 1 spiro atoms. The van der Waals surface area contributed by atoms with Gasteiger partial charge in [-0.3, -0.25) is 14.4 Å². The molecule has 5 atom stereocenters. The summed E-state index contributed by atoms with van der Waals surface area (Å²) in [5.41, 5.74) is 3.87. The largest absolute Gasteiger partial charge is 0.396 e. The molecule has 0 saturated carbocycles. The van der Waals surface area contributed by atoms with Gasteiger partial charge in [-0.1, -0.05) is 73.5 Å². The number of carbonyl (C=O) groups is 3. The first-order valence-corrected chi connectivity index (χ1v) is 17.5. The molecular formula is C38H49N3O4S. The number of carbonyl (C=O) groups excluding carboxylic acids is 3. The van der Waals surface area contributed by atoms with Gasteiger partial charge in [0.2, 0.25) is 11.8 Å². The molecule has 0 aromatic heterocycles. The number of likely N-dealkylation sites (tertiary alicyclic amines) is 1. The smallest absolute Gasteiger partial charge is 0.251 e. The molecule has 7 nitrogen and oxygen atoms in total. The quantitative estimate of drug-likeness (QED) is 0.188. The lowest BCUT2D eigenvalue weighted by Crippen LogP contribution is -2.55. The number of aliphatic hydroxyl groups excluding tert-OH is 1. The molecule has 46 heavy (non-hydrogen) atoms. The van der Waals surface area contributed by atoms with Gasteiger partial charge in [0.25, 0.3) is 5.91 Å². The zero-order chi connectivity index (χ0) is 33.1. The molecule has 3 amide bonds. The van der Waals surface area contributed by atoms with Crippen LogP contribution in [-0.2, 0) is 20.9 Å². The highest BCUT2D eigenvalue weighted by Gasteiger charge is 2.77. The summed E-state index contributed by atoms with van der Waals surface area (Å²) in [4.78, 5) is 49.9. The van der Waals surface area contributed by atoms with Crippen LogP contribution < -0.4 is 4.90 Å². The van der Waals surface area contributed by atoms with Crippen LogP contribution in [0.25, 0.3) is 0 Å². The van der Waals surface area contributed by atoms with Crippen molar-refractivity contribution in [3.63, 3.8) is 0 Å². The van der Waals surface area contributed by atoms with Crippen LogP contribution in [0.1, 0.15) is 62.1 Å². The van der Waals surface area contributed by atoms with E-state index in [0.29, 0.717) is 39.0 Å². The molecule has 2 aromatic rings. The normalized spacial score (nSPS) is 26.2. The average Bonchev–Trinajstić information content (AvgIpc) is 3.60. The zero-order valence-corrected chi connectivity index (χ0v) is 28.4. The standard InChI is InChI=1S/C38H49N3O4S/c1-6-22-39(26-29-18-11-10-12-19-29)34(43)30-31-35(44)41(24-13-8-9-14-25-42)33(38(31)21-20-37(30,5)46-38)36(45)40(23-7-2)32-27(3)16-15-17-28(32)4/h6-7,10-12,15-19,30-31,33,42H,1-2,8-9,13-14,20-26H2,3-5H3/t30-,31+,33?,37+,38?/m1/s1. The van der Waals surface area contributed by atoms with E-state index < -0.39 is 27.4 Å². The maximum absolute atomic E-state index is 15.0. The molecule has 0 radical (unpaired) electrons. The second-order valence-corrected chi connectivity index (χ2v) is 15.3. The maximum Gasteiger partial charge on any atom is 0.251 e. The van der Waals surface area contributed by atoms with E-state index in [1.165, 1.54) is 0 Å². The lowest BCUT2D eigenvalue weighted by atomic mass is 9.66. The van der Waals surface area contributed by atoms with E-state index in [1.807, 2.05) is 77.1 Å². The summed E-state index contributed by atoms with van der Waals surface area (Å²) >= 11 is 1.72. The molecule has 2 unspecified atom stereocenters. The van der Waals surface area contributed by atoms with Gasteiger partial charge in [-0.2, -0.15) is 0 Å². The van der Waals surface area contributed by atoms with Crippen LogP contribution in [0.5, 0.6) is 0 Å². The SMILES string of the molecule is C=CCN(Cc1ccccc1)C(=O)[C@H]1[C@H]2C(=O)N(CCCCCCO)C(C(=O)N(CC=C)c3c(C)cccc3C)C23CC[C@]1(C)S3. The molecule has 3 fully saturated rings. The number of benzene rings is 2. The number of anilines is 1. The Morgan fingerprint density at radius 3 is 2.28 bits per heavy atom. The third kappa shape index (κ3) is 6.06. The summed E-state index contributed by atoms with van der Waals surface area (Å²) in [6, 6.07) is 15.2. The third-order valence-corrected chi connectivity index (χ3v) is 12.2. The molecule has 0 aliphatic carbocycles. The van der Waals surface area contributed by atoms with Crippen molar-refractivity contribution in [1.82, 2.24) is 9.80 Å². The van der Waals surface area contributed by atoms with Gasteiger partial charge in [0.05, 0.1) is 16.6 Å². The highest BCUT2D eigenvalue weighted by atomic mass is 32.2. The summed E-state index contributed by atoms with van der Waals surface area (Å²) in [7, 11) is 0. The number of nitrogens with zero attached hydrogens (tertiary/aromatic N) is 3. The third-order valence-electron chi connectivity index (χ3n) is 10.2. The number of hydrogen-bond donors (Lipinski definition) is 1. The number of hydrogen-bond acceptors (Lipinski definition) is 5. The summed E-state index contributed by atoms with van der Waals surface area (Å²) in [5.74, 6) is -1.33. The maximum atomic E-state index is 15.0. The summed E-state index contributed by atoms with van der Waals surface area (Å²) in [6.07, 6.45) is 8.14. The van der Waals surface area contributed by atoms with Crippen molar-refractivity contribution in [2.45, 2.75) is 81.4 Å². The number of rotatable bonds is 15. The molecule has 5 rings (SSSR count). The van der Waals surface area contributed by atoms with Gasteiger partial charge in [0.1, 0.15) is 6.04 Å². The van der Waals surface area contributed by atoms with Crippen LogP contribution in [-0.4, -0.2) is 74.4 Å². The summed E-state index contributed by atoms with van der Waals surface area (Å²) in [6.45, 7) is 15.8. The van der Waals surface area contributed by atoms with Gasteiger partial charge >= 0.3 is 0 Å². The van der Waals surface area contributed by atoms with E-state index in [2.05, 4.69) is 20.1 Å². The second-order valence-electron chi connectivity index (χ2n) is 13.4. The van der Waals surface area contributed by atoms with E-state index in [4.69, 9.17) is 0 Å². The Labute approximate surface area is 278 Å². The fourth-order valence-electron chi connectivity index (χ4n) is 8.26. The van der Waals surface area contributed by atoms with E-state index >= 15 is 4.79 Å². The van der Waals surface area contributed by atoms with Crippen molar-refractivity contribution < 1.29 is 19.5 Å². The molecular weight excluding hydrogens is 595 g/mol. The Balaban J connectivity index is 1.55. The minimum atomic E-state index is -0.697. The highest BCUT2D eigenvalue weighted by Crippen LogP contribution is 2.71. The molecule has 2 aromatic carbocycles. The van der Waals surface area contributed by atoms with Gasteiger partial charge in [-0.25, -0.2) is 0 Å². The van der Waals surface area contributed by atoms with Crippen molar-refractivity contribution in [3.05, 3.63) is 90.5 Å². The second kappa shape index (κ2) is 14.2. The van der Waals surface area contributed by atoms with Gasteiger partial charge in [0.15, 0.2) is 0 Å². The van der Waals surface area contributed by atoms with Crippen molar-refractivity contribution >= 4 is 35.2 Å². The van der Waals surface area contributed by atoms with Gasteiger partial charge in [0, 0.05) is 43.2 Å². The first kappa shape index (κ1) is 34.0. The van der Waals surface area contributed by atoms with Crippen LogP contribution in [0.4, 0.5) is 5.69 Å². The van der Waals surface area contributed by atoms with Gasteiger partial charge in [-0.05, 0) is 63.1 Å². The molecule has 1 N–H and O–H groups in total. The van der Waals surface area contributed by atoms with E-state index in [9.17, 15) is 14.7 Å². The molecule has 3 saturated heterocycles. The summed E-state index contributed by atoms with van der Waals surface area (Å²) < 4.78 is -1.15. The predicted molar refractivity (Wildman–Crippen MR) is 187 cm³/mol. The van der Waals surface area contributed by atoms with E-state index in [0.717, 1.165) is 48.1 Å². The molecule has 2 bridgehead atoms. The lowest BCUT2D eigenvalue weighted by Gasteiger charge is -2.38. The lowest BCUT2D eigenvalue weighted by molar-refractivity contribution is -0.145. The van der Waals surface area contributed by atoms with Crippen LogP contribution in [0, 0.1) is 25.7 Å².